The van der Waals surface area contributed by atoms with E-state index in [1.54, 1.807) is 0 Å². The highest BCUT2D eigenvalue weighted by Gasteiger charge is 2.38. The van der Waals surface area contributed by atoms with Crippen LogP contribution in [0.1, 0.15) is 56.5 Å². The number of unbranched alkanes of at least 4 members (excludes halogenated alkanes) is 1. The van der Waals surface area contributed by atoms with Gasteiger partial charge >= 0.3 is 18.0 Å². The third-order valence-corrected chi connectivity index (χ3v) is 6.46. The molecule has 1 heterocycles. The zero-order valence-electron chi connectivity index (χ0n) is 26.6. The second kappa shape index (κ2) is 15.5. The Bertz CT molecular complexity index is 1320. The largest absolute Gasteiger partial charge is 0.480 e. The molecule has 3 rings (SSSR count). The molecule has 1 fully saturated rings. The van der Waals surface area contributed by atoms with E-state index in [1.807, 2.05) is 30.3 Å². The van der Waals surface area contributed by atoms with Crippen molar-refractivity contribution in [1.82, 2.24) is 15.5 Å². The van der Waals surface area contributed by atoms with E-state index in [9.17, 15) is 29.4 Å². The van der Waals surface area contributed by atoms with Crippen LogP contribution in [-0.4, -0.2) is 70.3 Å². The molecule has 39 heavy (non-hydrogen) atoms. The Morgan fingerprint density at radius 3 is 2.44 bits per heavy atom. The van der Waals surface area contributed by atoms with Crippen molar-refractivity contribution in [2.45, 2.75) is 69.7 Å². The fourth-order valence-electron chi connectivity index (χ4n) is 4.41. The van der Waals surface area contributed by atoms with Crippen LogP contribution in [0, 0.1) is 0 Å². The lowest BCUT2D eigenvalue weighted by atomic mass is 10.0. The highest BCUT2D eigenvalue weighted by Crippen LogP contribution is 2.20. The Balaban J connectivity index is 1.64. The fraction of sp³-hybridized carbons (Fsp3) is 0.448. The lowest BCUT2D eigenvalue weighted by molar-refractivity contribution is -0.149. The van der Waals surface area contributed by atoms with Crippen LogP contribution >= 0.6 is 0 Å². The molecule has 210 valence electrons. The van der Waals surface area contributed by atoms with Crippen molar-refractivity contribution in [3.05, 3.63) is 71.7 Å². The normalized spacial score (nSPS) is 18.1. The first-order valence-corrected chi connectivity index (χ1v) is 12.9. The molecule has 1 saturated heterocycles. The number of ether oxygens (including phenoxy) is 1. The maximum Gasteiger partial charge on any atom is 0.407 e. The number of rotatable bonds is 15. The van der Waals surface area contributed by atoms with Crippen molar-refractivity contribution in [3.8, 4) is 0 Å². The third-order valence-electron chi connectivity index (χ3n) is 6.46. The Morgan fingerprint density at radius 1 is 1.00 bits per heavy atom. The van der Waals surface area contributed by atoms with Gasteiger partial charge in [-0.25, -0.2) is 9.59 Å². The minimum atomic E-state index is -1.33. The summed E-state index contributed by atoms with van der Waals surface area (Å²) in [6.07, 6.45) is 0.739. The number of carbonyl (C=O) groups excluding carboxylic acids is 2. The monoisotopic (exact) mass is 544 g/mol. The molecule has 1 aliphatic rings. The summed E-state index contributed by atoms with van der Waals surface area (Å²) < 4.78 is 44.8. The molecule has 0 aliphatic carbocycles. The van der Waals surface area contributed by atoms with E-state index in [2.05, 4.69) is 10.6 Å². The van der Waals surface area contributed by atoms with E-state index >= 15 is 0 Å². The van der Waals surface area contributed by atoms with Crippen LogP contribution in [0.5, 0.6) is 0 Å². The molecule has 10 nitrogen and oxygen atoms in total. The summed E-state index contributed by atoms with van der Waals surface area (Å²) in [6.45, 7) is 0.546. The Hall–Kier alpha value is -3.92. The summed E-state index contributed by atoms with van der Waals surface area (Å²) in [6, 6.07) is 3.25. The molecular formula is C29H37N3O7. The minimum Gasteiger partial charge on any atom is -0.480 e. The number of aliphatic carboxylic acids is 2. The van der Waals surface area contributed by atoms with Gasteiger partial charge in [-0.3, -0.25) is 14.9 Å². The van der Waals surface area contributed by atoms with Gasteiger partial charge in [-0.15, -0.1) is 0 Å². The van der Waals surface area contributed by atoms with Crippen LogP contribution in [0.2, 0.25) is 0 Å². The van der Waals surface area contributed by atoms with Gasteiger partial charge < -0.3 is 25.2 Å². The van der Waals surface area contributed by atoms with E-state index in [0.717, 1.165) is 5.56 Å². The van der Waals surface area contributed by atoms with Gasteiger partial charge in [0.1, 0.15) is 18.7 Å². The average molecular weight is 545 g/mol. The van der Waals surface area contributed by atoms with Gasteiger partial charge in [0.2, 0.25) is 5.91 Å². The number of nitrogens with one attached hydrogen (secondary N) is 2. The van der Waals surface area contributed by atoms with Crippen molar-refractivity contribution in [3.63, 3.8) is 0 Å². The first kappa shape index (κ1) is 23.0. The van der Waals surface area contributed by atoms with E-state index < -0.39 is 72.3 Å². The summed E-state index contributed by atoms with van der Waals surface area (Å²) in [5.74, 6) is -3.02. The third kappa shape index (κ3) is 9.72. The summed E-state index contributed by atoms with van der Waals surface area (Å²) in [5, 5.41) is 25.0. The summed E-state index contributed by atoms with van der Waals surface area (Å²) in [7, 11) is 0. The summed E-state index contributed by atoms with van der Waals surface area (Å²) >= 11 is 0. The molecule has 3 atom stereocenters. The van der Waals surface area contributed by atoms with E-state index in [4.69, 9.17) is 11.6 Å². The summed E-state index contributed by atoms with van der Waals surface area (Å²) in [5.41, 5.74) is 0.791. The quantitative estimate of drug-likeness (QED) is 0.250. The number of carboxylic acids is 2. The van der Waals surface area contributed by atoms with Crippen LogP contribution in [0.3, 0.4) is 0 Å². The number of carboxylic acid groups (broad SMARTS) is 2. The van der Waals surface area contributed by atoms with Crippen LogP contribution in [0.15, 0.2) is 60.5 Å². The summed E-state index contributed by atoms with van der Waals surface area (Å²) in [4.78, 5) is 50.7. The van der Waals surface area contributed by atoms with E-state index in [0.29, 0.717) is 19.3 Å². The van der Waals surface area contributed by atoms with Gasteiger partial charge in [0.25, 0.3) is 0 Å². The van der Waals surface area contributed by atoms with Crippen molar-refractivity contribution in [2.24, 2.45) is 0 Å². The highest BCUT2D eigenvalue weighted by molar-refractivity contribution is 5.88. The SMILES string of the molecule is [2H]c1c([2H])c([2H])c(CC[C@H](N[C@@H](CCCCNC(=O)OCc2ccccc2)C(=O)N2CCC[C@H]2C(=O)O)C(=O)O)c([2H])c1[2H]. The molecule has 2 aromatic carbocycles. The smallest absolute Gasteiger partial charge is 0.407 e. The number of benzene rings is 2. The topological polar surface area (TPSA) is 145 Å². The Kier molecular flexibility index (Phi) is 9.13. The second-order valence-electron chi connectivity index (χ2n) is 9.26. The number of carbonyl (C=O) groups is 4. The number of likely N-dealkylation sites (tertiary alicyclic amines) is 1. The van der Waals surface area contributed by atoms with Crippen LogP contribution in [-0.2, 0) is 32.1 Å². The van der Waals surface area contributed by atoms with Crippen LogP contribution in [0.25, 0.3) is 0 Å². The van der Waals surface area contributed by atoms with Crippen molar-refractivity contribution < 1.29 is 41.0 Å². The van der Waals surface area contributed by atoms with Gasteiger partial charge in [0.15, 0.2) is 0 Å². The standard InChI is InChI=1S/C29H37N3O7/c33-26(32-19-9-15-25(32)28(36)37)23(31-24(27(34)35)17-16-21-10-3-1-4-11-21)14-7-8-18-30-29(38)39-20-22-12-5-2-6-13-22/h1-6,10-13,23-25,31H,7-9,14-20H2,(H,30,38)(H,34,35)(H,36,37)/t23-,24-,25-/m0/s1/i1D,3D,4D,10D,11D. The molecule has 0 aromatic heterocycles. The number of hydrogen-bond donors (Lipinski definition) is 4. The molecular weight excluding hydrogens is 502 g/mol. The fourth-order valence-corrected chi connectivity index (χ4v) is 4.41. The molecule has 2 aromatic rings. The molecule has 10 heteroatoms. The van der Waals surface area contributed by atoms with Gasteiger partial charge in [-0.1, -0.05) is 60.5 Å². The Morgan fingerprint density at radius 2 is 1.74 bits per heavy atom. The number of hydrogen-bond acceptors (Lipinski definition) is 6. The minimum absolute atomic E-state index is 0.0392. The predicted octanol–water partition coefficient (Wildman–Crippen LogP) is 3.20. The number of nitrogens with zero attached hydrogens (tertiary/aromatic N) is 1. The van der Waals surface area contributed by atoms with Gasteiger partial charge in [0.05, 0.1) is 12.9 Å². The first-order valence-electron chi connectivity index (χ1n) is 15.4. The Labute approximate surface area is 235 Å². The van der Waals surface area contributed by atoms with Gasteiger partial charge in [-0.05, 0) is 56.1 Å². The van der Waals surface area contributed by atoms with Gasteiger partial charge in [0, 0.05) is 13.1 Å². The zero-order chi connectivity index (χ0) is 32.4. The van der Waals surface area contributed by atoms with Gasteiger partial charge in [-0.2, -0.15) is 0 Å². The lowest BCUT2D eigenvalue weighted by Crippen LogP contribution is -2.54. The van der Waals surface area contributed by atoms with Crippen molar-refractivity contribution >= 4 is 23.9 Å². The van der Waals surface area contributed by atoms with Crippen molar-refractivity contribution in [2.75, 3.05) is 13.1 Å². The average Bonchev–Trinajstić information content (AvgIpc) is 3.51. The molecule has 1 aliphatic heterocycles. The molecule has 0 spiro atoms. The lowest BCUT2D eigenvalue weighted by Gasteiger charge is -2.29. The zero-order valence-corrected chi connectivity index (χ0v) is 21.6. The number of amides is 2. The second-order valence-corrected chi connectivity index (χ2v) is 9.26. The van der Waals surface area contributed by atoms with Crippen LogP contribution in [0.4, 0.5) is 4.79 Å². The molecule has 0 unspecified atom stereocenters. The maximum atomic E-state index is 13.5. The van der Waals surface area contributed by atoms with E-state index in [1.165, 1.54) is 4.90 Å². The molecule has 4 N–H and O–H groups in total. The molecule has 0 saturated carbocycles. The molecule has 0 radical (unpaired) electrons. The molecule has 2 amide bonds. The molecule has 0 bridgehead atoms. The van der Waals surface area contributed by atoms with Crippen LogP contribution < -0.4 is 10.6 Å². The highest BCUT2D eigenvalue weighted by atomic mass is 16.5. The predicted molar refractivity (Wildman–Crippen MR) is 144 cm³/mol. The van der Waals surface area contributed by atoms with Crippen molar-refractivity contribution in [1.29, 1.82) is 0 Å². The first-order chi connectivity index (χ1) is 20.9. The maximum absolute atomic E-state index is 13.5. The van der Waals surface area contributed by atoms with E-state index in [-0.39, 0.29) is 50.9 Å². The number of alkyl carbamates (subject to hydrolysis) is 1.